The highest BCUT2D eigenvalue weighted by Crippen LogP contribution is 2.14. The van der Waals surface area contributed by atoms with Gasteiger partial charge in [0.1, 0.15) is 11.6 Å². The van der Waals surface area contributed by atoms with Crippen LogP contribution in [0.1, 0.15) is 15.9 Å². The summed E-state index contributed by atoms with van der Waals surface area (Å²) in [6.45, 7) is 0.416. The van der Waals surface area contributed by atoms with Crippen LogP contribution < -0.4 is 10.5 Å². The quantitative estimate of drug-likeness (QED) is 0.667. The molecule has 0 aliphatic rings. The zero-order chi connectivity index (χ0) is 13.0. The molecular formula is C14H12FNO2. The van der Waals surface area contributed by atoms with Crippen molar-refractivity contribution < 1.29 is 13.9 Å². The summed E-state index contributed by atoms with van der Waals surface area (Å²) >= 11 is 0. The van der Waals surface area contributed by atoms with Crippen molar-refractivity contribution in [1.29, 1.82) is 0 Å². The zero-order valence-corrected chi connectivity index (χ0v) is 9.60. The third-order valence-electron chi connectivity index (χ3n) is 2.43. The van der Waals surface area contributed by atoms with Gasteiger partial charge in [-0.25, -0.2) is 9.18 Å². The van der Waals surface area contributed by atoms with Crippen LogP contribution in [0.2, 0.25) is 0 Å². The third kappa shape index (κ3) is 2.93. The van der Waals surface area contributed by atoms with Crippen LogP contribution in [-0.4, -0.2) is 5.97 Å². The van der Waals surface area contributed by atoms with Crippen molar-refractivity contribution in [3.63, 3.8) is 0 Å². The highest BCUT2D eigenvalue weighted by molar-refractivity contribution is 5.91. The lowest BCUT2D eigenvalue weighted by Gasteiger charge is -2.04. The van der Waals surface area contributed by atoms with Crippen molar-refractivity contribution in [2.24, 2.45) is 5.73 Å². The summed E-state index contributed by atoms with van der Waals surface area (Å²) in [5.41, 5.74) is 6.79. The number of hydrogen-bond acceptors (Lipinski definition) is 3. The zero-order valence-electron chi connectivity index (χ0n) is 9.60. The fraction of sp³-hybridized carbons (Fsp3) is 0.0714. The fourth-order valence-electron chi connectivity index (χ4n) is 1.47. The molecule has 0 amide bonds. The van der Waals surface area contributed by atoms with Gasteiger partial charge in [-0.05, 0) is 29.8 Å². The van der Waals surface area contributed by atoms with Crippen LogP contribution in [0.5, 0.6) is 5.75 Å². The Labute approximate surface area is 104 Å². The van der Waals surface area contributed by atoms with Gasteiger partial charge < -0.3 is 10.5 Å². The average Bonchev–Trinajstić information content (AvgIpc) is 2.39. The van der Waals surface area contributed by atoms with Gasteiger partial charge in [0.2, 0.25) is 0 Å². The summed E-state index contributed by atoms with van der Waals surface area (Å²) in [4.78, 5) is 11.7. The molecule has 3 nitrogen and oxygen atoms in total. The Morgan fingerprint density at radius 3 is 2.50 bits per heavy atom. The second kappa shape index (κ2) is 5.42. The van der Waals surface area contributed by atoms with E-state index in [1.54, 1.807) is 24.3 Å². The molecule has 0 saturated heterocycles. The monoisotopic (exact) mass is 245 g/mol. The SMILES string of the molecule is NCc1ccc(C(=O)Oc2cccc(F)c2)cc1. The number of rotatable bonds is 3. The van der Waals surface area contributed by atoms with Gasteiger partial charge in [0.25, 0.3) is 0 Å². The first-order chi connectivity index (χ1) is 8.69. The number of carbonyl (C=O) groups is 1. The molecule has 0 spiro atoms. The molecule has 0 atom stereocenters. The number of nitrogens with two attached hydrogens (primary N) is 1. The molecule has 0 aliphatic carbocycles. The molecule has 92 valence electrons. The normalized spacial score (nSPS) is 10.1. The number of hydrogen-bond donors (Lipinski definition) is 1. The van der Waals surface area contributed by atoms with Gasteiger partial charge >= 0.3 is 5.97 Å². The van der Waals surface area contributed by atoms with Crippen LogP contribution in [0.3, 0.4) is 0 Å². The summed E-state index contributed by atoms with van der Waals surface area (Å²) in [6.07, 6.45) is 0. The lowest BCUT2D eigenvalue weighted by molar-refractivity contribution is 0.0734. The number of carbonyl (C=O) groups excluding carboxylic acids is 1. The lowest BCUT2D eigenvalue weighted by atomic mass is 10.1. The maximum absolute atomic E-state index is 12.9. The molecule has 0 fully saturated rings. The lowest BCUT2D eigenvalue weighted by Crippen LogP contribution is -2.08. The van der Waals surface area contributed by atoms with Gasteiger partial charge in [-0.2, -0.15) is 0 Å². The van der Waals surface area contributed by atoms with Gasteiger partial charge in [0.05, 0.1) is 5.56 Å². The Kier molecular flexibility index (Phi) is 3.69. The topological polar surface area (TPSA) is 52.3 Å². The predicted octanol–water partition coefficient (Wildman–Crippen LogP) is 2.50. The summed E-state index contributed by atoms with van der Waals surface area (Å²) in [5, 5.41) is 0. The Bertz CT molecular complexity index is 552. The molecule has 0 bridgehead atoms. The minimum absolute atomic E-state index is 0.183. The minimum atomic E-state index is -0.524. The van der Waals surface area contributed by atoms with E-state index in [1.165, 1.54) is 18.2 Å². The smallest absolute Gasteiger partial charge is 0.343 e. The maximum Gasteiger partial charge on any atom is 0.343 e. The molecule has 2 aromatic carbocycles. The van der Waals surface area contributed by atoms with Gasteiger partial charge in [0, 0.05) is 12.6 Å². The molecule has 0 saturated carbocycles. The van der Waals surface area contributed by atoms with Crippen molar-refractivity contribution in [2.75, 3.05) is 0 Å². The Hall–Kier alpha value is -2.20. The van der Waals surface area contributed by atoms with Crippen molar-refractivity contribution in [2.45, 2.75) is 6.54 Å². The van der Waals surface area contributed by atoms with E-state index in [4.69, 9.17) is 10.5 Å². The molecule has 18 heavy (non-hydrogen) atoms. The van der Waals surface area contributed by atoms with Gasteiger partial charge in [-0.3, -0.25) is 0 Å². The first kappa shape index (κ1) is 12.3. The van der Waals surface area contributed by atoms with Crippen LogP contribution in [0.4, 0.5) is 4.39 Å². The molecule has 4 heteroatoms. The van der Waals surface area contributed by atoms with E-state index >= 15 is 0 Å². The van der Waals surface area contributed by atoms with E-state index < -0.39 is 11.8 Å². The Morgan fingerprint density at radius 1 is 1.17 bits per heavy atom. The van der Waals surface area contributed by atoms with E-state index in [-0.39, 0.29) is 5.75 Å². The largest absolute Gasteiger partial charge is 0.423 e. The van der Waals surface area contributed by atoms with E-state index in [0.29, 0.717) is 12.1 Å². The van der Waals surface area contributed by atoms with E-state index in [0.717, 1.165) is 11.6 Å². The van der Waals surface area contributed by atoms with Crippen LogP contribution in [-0.2, 0) is 6.54 Å². The van der Waals surface area contributed by atoms with Crippen molar-refractivity contribution >= 4 is 5.97 Å². The molecule has 0 radical (unpaired) electrons. The number of benzene rings is 2. The van der Waals surface area contributed by atoms with Crippen LogP contribution in [0.25, 0.3) is 0 Å². The highest BCUT2D eigenvalue weighted by Gasteiger charge is 2.08. The molecule has 0 heterocycles. The average molecular weight is 245 g/mol. The highest BCUT2D eigenvalue weighted by atomic mass is 19.1. The first-order valence-electron chi connectivity index (χ1n) is 5.46. The fourth-order valence-corrected chi connectivity index (χ4v) is 1.47. The molecule has 2 aromatic rings. The third-order valence-corrected chi connectivity index (χ3v) is 2.43. The Morgan fingerprint density at radius 2 is 1.89 bits per heavy atom. The van der Waals surface area contributed by atoms with Gasteiger partial charge in [0.15, 0.2) is 0 Å². The van der Waals surface area contributed by atoms with Crippen LogP contribution in [0, 0.1) is 5.82 Å². The predicted molar refractivity (Wildman–Crippen MR) is 65.7 cm³/mol. The molecule has 0 aromatic heterocycles. The Balaban J connectivity index is 2.11. The van der Waals surface area contributed by atoms with E-state index in [2.05, 4.69) is 0 Å². The molecule has 0 unspecified atom stereocenters. The second-order valence-corrected chi connectivity index (χ2v) is 3.75. The standard InChI is InChI=1S/C14H12FNO2/c15-12-2-1-3-13(8-12)18-14(17)11-6-4-10(9-16)5-7-11/h1-8H,9,16H2. The van der Waals surface area contributed by atoms with Crippen LogP contribution in [0.15, 0.2) is 48.5 Å². The van der Waals surface area contributed by atoms with Gasteiger partial charge in [-0.15, -0.1) is 0 Å². The van der Waals surface area contributed by atoms with Gasteiger partial charge in [-0.1, -0.05) is 18.2 Å². The summed E-state index contributed by atoms with van der Waals surface area (Å²) < 4.78 is 18.0. The van der Waals surface area contributed by atoms with E-state index in [9.17, 15) is 9.18 Å². The van der Waals surface area contributed by atoms with Crippen molar-refractivity contribution in [3.05, 3.63) is 65.5 Å². The molecule has 2 N–H and O–H groups in total. The van der Waals surface area contributed by atoms with E-state index in [1.807, 2.05) is 0 Å². The molecule has 2 rings (SSSR count). The minimum Gasteiger partial charge on any atom is -0.423 e. The number of esters is 1. The van der Waals surface area contributed by atoms with Crippen molar-refractivity contribution in [3.8, 4) is 5.75 Å². The number of halogens is 1. The molecular weight excluding hydrogens is 233 g/mol. The first-order valence-corrected chi connectivity index (χ1v) is 5.46. The van der Waals surface area contributed by atoms with Crippen LogP contribution >= 0.6 is 0 Å². The summed E-state index contributed by atoms with van der Waals surface area (Å²) in [6, 6.07) is 12.2. The summed E-state index contributed by atoms with van der Waals surface area (Å²) in [7, 11) is 0. The summed E-state index contributed by atoms with van der Waals surface area (Å²) in [5.74, 6) is -0.786. The second-order valence-electron chi connectivity index (χ2n) is 3.75. The van der Waals surface area contributed by atoms with Crippen molar-refractivity contribution in [1.82, 2.24) is 0 Å². The maximum atomic E-state index is 12.9. The molecule has 0 aliphatic heterocycles. The number of ether oxygens (including phenoxy) is 1.